The summed E-state index contributed by atoms with van der Waals surface area (Å²) in [6, 6.07) is 0. The maximum absolute atomic E-state index is 12.7. The Morgan fingerprint density at radius 2 is 1.55 bits per heavy atom. The predicted molar refractivity (Wildman–Crippen MR) is 84.9 cm³/mol. The van der Waals surface area contributed by atoms with E-state index in [1.54, 1.807) is 6.20 Å². The number of hydrogen-bond acceptors (Lipinski definition) is 5. The zero-order valence-corrected chi connectivity index (χ0v) is 13.9. The van der Waals surface area contributed by atoms with E-state index in [1.807, 2.05) is 10.6 Å². The van der Waals surface area contributed by atoms with Gasteiger partial charge >= 0.3 is 7.87 Å². The Hall–Kier alpha value is -1.04. The van der Waals surface area contributed by atoms with Crippen LogP contribution in [-0.2, 0) is 4.79 Å². The highest BCUT2D eigenvalue weighted by molar-refractivity contribution is 7.68. The Morgan fingerprint density at radius 1 is 0.909 bits per heavy atom. The van der Waals surface area contributed by atoms with Crippen molar-refractivity contribution < 1.29 is 4.79 Å². The molecule has 0 aliphatic carbocycles. The summed E-state index contributed by atoms with van der Waals surface area (Å²) >= 11 is 0. The van der Waals surface area contributed by atoms with Gasteiger partial charge in [-0.15, -0.1) is 14.4 Å². The molecule has 120 valence electrons. The van der Waals surface area contributed by atoms with E-state index in [4.69, 9.17) is 0 Å². The lowest BCUT2D eigenvalue weighted by Gasteiger charge is -2.41. The average Bonchev–Trinajstić information content (AvgIpc) is 3.32. The Bertz CT molecular complexity index is 507. The van der Waals surface area contributed by atoms with Crippen molar-refractivity contribution in [3.8, 4) is 0 Å². The van der Waals surface area contributed by atoms with Gasteiger partial charge in [0.2, 0.25) is 0 Å². The highest BCUT2D eigenvalue weighted by atomic mass is 31.2. The summed E-state index contributed by atoms with van der Waals surface area (Å²) < 4.78 is 9.30. The smallest absolute Gasteiger partial charge is 0.271 e. The van der Waals surface area contributed by atoms with E-state index >= 15 is 0 Å². The Morgan fingerprint density at radius 3 is 2.00 bits per heavy atom. The SMILES string of the molecule is O=C1CCCN1[P+](N1CCCC1)(N1CCCC1)n1ccnn1. The molecule has 0 aromatic carbocycles. The van der Waals surface area contributed by atoms with Crippen molar-refractivity contribution >= 4 is 13.8 Å². The van der Waals surface area contributed by atoms with Crippen LogP contribution in [0.1, 0.15) is 38.5 Å². The molecular formula is C14H24N6OP+. The highest BCUT2D eigenvalue weighted by Gasteiger charge is 2.63. The first kappa shape index (κ1) is 14.5. The second-order valence-corrected chi connectivity index (χ2v) is 9.40. The van der Waals surface area contributed by atoms with Gasteiger partial charge in [-0.3, -0.25) is 4.79 Å². The molecule has 1 aromatic heterocycles. The van der Waals surface area contributed by atoms with Crippen LogP contribution in [0.5, 0.6) is 0 Å². The monoisotopic (exact) mass is 323 g/mol. The van der Waals surface area contributed by atoms with E-state index in [0.29, 0.717) is 12.3 Å². The summed E-state index contributed by atoms with van der Waals surface area (Å²) in [5, 5.41) is 8.47. The first-order valence-electron chi connectivity index (χ1n) is 8.41. The predicted octanol–water partition coefficient (Wildman–Crippen LogP) is 1.62. The molecule has 4 heterocycles. The van der Waals surface area contributed by atoms with Crippen LogP contribution < -0.4 is 0 Å². The molecule has 3 fully saturated rings. The van der Waals surface area contributed by atoms with Gasteiger partial charge in [-0.25, -0.2) is 0 Å². The average molecular weight is 323 g/mol. The number of carbonyl (C=O) groups is 1. The van der Waals surface area contributed by atoms with Gasteiger partial charge in [0.25, 0.3) is 5.91 Å². The van der Waals surface area contributed by atoms with Crippen molar-refractivity contribution in [2.24, 2.45) is 0 Å². The van der Waals surface area contributed by atoms with Crippen LogP contribution in [0.3, 0.4) is 0 Å². The molecule has 0 bridgehead atoms. The molecule has 0 atom stereocenters. The maximum Gasteiger partial charge on any atom is 0.381 e. The van der Waals surface area contributed by atoms with Gasteiger partial charge in [0.1, 0.15) is 0 Å². The van der Waals surface area contributed by atoms with Crippen molar-refractivity contribution in [2.45, 2.75) is 38.5 Å². The van der Waals surface area contributed by atoms with Gasteiger partial charge in [-0.05, 0) is 37.3 Å². The van der Waals surface area contributed by atoms with E-state index in [9.17, 15) is 4.79 Å². The molecule has 3 aliphatic rings. The largest absolute Gasteiger partial charge is 0.381 e. The van der Waals surface area contributed by atoms with Crippen LogP contribution in [-0.4, -0.2) is 67.4 Å². The van der Waals surface area contributed by atoms with E-state index in [2.05, 4.69) is 24.3 Å². The van der Waals surface area contributed by atoms with Crippen LogP contribution in [0, 0.1) is 0 Å². The minimum Gasteiger partial charge on any atom is -0.271 e. The van der Waals surface area contributed by atoms with Crippen molar-refractivity contribution in [3.05, 3.63) is 12.4 Å². The fraction of sp³-hybridized carbons (Fsp3) is 0.786. The van der Waals surface area contributed by atoms with Gasteiger partial charge in [0.15, 0.2) is 0 Å². The lowest BCUT2D eigenvalue weighted by Crippen LogP contribution is -2.47. The van der Waals surface area contributed by atoms with Gasteiger partial charge in [0.05, 0.1) is 18.9 Å². The molecule has 3 aliphatic heterocycles. The van der Waals surface area contributed by atoms with E-state index < -0.39 is 7.87 Å². The van der Waals surface area contributed by atoms with Gasteiger partial charge in [-0.2, -0.15) is 4.67 Å². The second kappa shape index (κ2) is 5.87. The summed E-state index contributed by atoms with van der Waals surface area (Å²) in [5.41, 5.74) is 0. The van der Waals surface area contributed by atoms with Crippen molar-refractivity contribution in [1.29, 1.82) is 0 Å². The van der Waals surface area contributed by atoms with Crippen LogP contribution in [0.15, 0.2) is 12.4 Å². The summed E-state index contributed by atoms with van der Waals surface area (Å²) in [4.78, 5) is 12.7. The minimum atomic E-state index is -2.11. The zero-order valence-electron chi connectivity index (χ0n) is 13.0. The number of hydrogen-bond donors (Lipinski definition) is 0. The third-order valence-electron chi connectivity index (χ3n) is 4.98. The first-order valence-corrected chi connectivity index (χ1v) is 10.0. The molecule has 1 aromatic rings. The van der Waals surface area contributed by atoms with Gasteiger partial charge < -0.3 is 0 Å². The normalized spacial score (nSPS) is 24.7. The van der Waals surface area contributed by atoms with Crippen molar-refractivity contribution in [2.75, 3.05) is 32.7 Å². The molecule has 7 nitrogen and oxygen atoms in total. The minimum absolute atomic E-state index is 0.294. The summed E-state index contributed by atoms with van der Waals surface area (Å²) in [6.07, 6.45) is 10.2. The topological polar surface area (TPSA) is 57.5 Å². The van der Waals surface area contributed by atoms with Gasteiger partial charge in [0, 0.05) is 32.6 Å². The van der Waals surface area contributed by atoms with E-state index in [1.165, 1.54) is 25.7 Å². The van der Waals surface area contributed by atoms with Crippen LogP contribution in [0.25, 0.3) is 0 Å². The second-order valence-electron chi connectivity index (χ2n) is 6.30. The molecule has 0 N–H and O–H groups in total. The van der Waals surface area contributed by atoms with Crippen LogP contribution in [0.4, 0.5) is 0 Å². The fourth-order valence-electron chi connectivity index (χ4n) is 4.05. The highest BCUT2D eigenvalue weighted by Crippen LogP contribution is 2.70. The lowest BCUT2D eigenvalue weighted by molar-refractivity contribution is -0.124. The van der Waals surface area contributed by atoms with E-state index in [-0.39, 0.29) is 0 Å². The summed E-state index contributed by atoms with van der Waals surface area (Å²) in [7, 11) is -2.11. The molecule has 0 saturated carbocycles. The number of amides is 1. The van der Waals surface area contributed by atoms with E-state index in [0.717, 1.165) is 39.1 Å². The molecule has 22 heavy (non-hydrogen) atoms. The summed E-state index contributed by atoms with van der Waals surface area (Å²) in [6.45, 7) is 5.11. The molecule has 8 heteroatoms. The molecule has 3 saturated heterocycles. The molecule has 0 radical (unpaired) electrons. The molecule has 1 amide bonds. The van der Waals surface area contributed by atoms with Crippen LogP contribution in [0.2, 0.25) is 0 Å². The fourth-order valence-corrected chi connectivity index (χ4v) is 8.60. The Balaban J connectivity index is 1.84. The van der Waals surface area contributed by atoms with Crippen LogP contribution >= 0.6 is 7.87 Å². The van der Waals surface area contributed by atoms with Crippen molar-refractivity contribution in [3.63, 3.8) is 0 Å². The number of carbonyl (C=O) groups excluding carboxylic acids is 1. The number of aromatic nitrogens is 3. The third-order valence-corrected chi connectivity index (χ3v) is 9.13. The van der Waals surface area contributed by atoms with Crippen molar-refractivity contribution in [1.82, 2.24) is 28.8 Å². The quantitative estimate of drug-likeness (QED) is 0.788. The maximum atomic E-state index is 12.7. The molecule has 4 rings (SSSR count). The molecule has 0 spiro atoms. The Kier molecular flexibility index (Phi) is 3.88. The first-order chi connectivity index (χ1) is 10.8. The molecular weight excluding hydrogens is 299 g/mol. The zero-order chi connectivity index (χ0) is 15.0. The summed E-state index contributed by atoms with van der Waals surface area (Å²) in [5.74, 6) is 0.294. The lowest BCUT2D eigenvalue weighted by atomic mass is 10.4. The standard InChI is InChI=1S/C14H24N6OP/c21-14-6-5-12-19(14)22(17-8-1-2-9-17,18-10-3-4-11-18)20-13-7-15-16-20/h7,13H,1-6,8-12H2/q+1. The molecule has 0 unspecified atom stereocenters. The number of nitrogens with zero attached hydrogens (tertiary/aromatic N) is 6. The van der Waals surface area contributed by atoms with Gasteiger partial charge in [-0.1, -0.05) is 4.45 Å². The number of rotatable bonds is 4. The Labute approximate surface area is 131 Å². The third kappa shape index (κ3) is 2.10.